The third-order valence-corrected chi connectivity index (χ3v) is 5.82. The molecule has 28 heavy (non-hydrogen) atoms. The fourth-order valence-electron chi connectivity index (χ4n) is 5.08. The van der Waals surface area contributed by atoms with Crippen molar-refractivity contribution in [3.8, 4) is 5.75 Å². The lowest BCUT2D eigenvalue weighted by molar-refractivity contribution is -0.274. The Bertz CT molecular complexity index is 733. The minimum atomic E-state index is -4.67. The molecule has 2 aliphatic rings. The summed E-state index contributed by atoms with van der Waals surface area (Å²) in [4.78, 5) is 0. The quantitative estimate of drug-likeness (QED) is 0.597. The minimum absolute atomic E-state index is 0.130. The lowest BCUT2D eigenvalue weighted by Crippen LogP contribution is -2.39. The highest BCUT2D eigenvalue weighted by Crippen LogP contribution is 2.46. The molecule has 0 spiro atoms. The maximum absolute atomic E-state index is 12.4. The molecule has 1 saturated carbocycles. The van der Waals surface area contributed by atoms with E-state index in [1.54, 1.807) is 12.1 Å². The van der Waals surface area contributed by atoms with E-state index in [-0.39, 0.29) is 11.8 Å². The molecule has 0 radical (unpaired) electrons. The van der Waals surface area contributed by atoms with Crippen LogP contribution in [0.3, 0.4) is 0 Å². The molecule has 0 saturated heterocycles. The topological polar surface area (TPSA) is 21.3 Å². The summed E-state index contributed by atoms with van der Waals surface area (Å²) in [7, 11) is 0. The Balaban J connectivity index is 1.74. The van der Waals surface area contributed by atoms with Crippen LogP contribution in [0.4, 0.5) is 18.9 Å². The average Bonchev–Trinajstić information content (AvgIpc) is 2.53. The summed E-state index contributed by atoms with van der Waals surface area (Å²) >= 11 is 0. The third kappa shape index (κ3) is 5.55. The van der Waals surface area contributed by atoms with Crippen molar-refractivity contribution in [2.45, 2.75) is 59.4 Å². The van der Waals surface area contributed by atoms with Gasteiger partial charge in [-0.1, -0.05) is 44.6 Å². The number of nitrogens with one attached hydrogen (secondary N) is 1. The second-order valence-electron chi connectivity index (χ2n) is 9.26. The van der Waals surface area contributed by atoms with E-state index in [9.17, 15) is 13.2 Å². The molecule has 2 aliphatic carbocycles. The first kappa shape index (κ1) is 20.8. The molecule has 0 heterocycles. The molecule has 2 nitrogen and oxygen atoms in total. The number of rotatable bonds is 4. The monoisotopic (exact) mass is 393 g/mol. The summed E-state index contributed by atoms with van der Waals surface area (Å²) in [6, 6.07) is 6.13. The van der Waals surface area contributed by atoms with Crippen molar-refractivity contribution in [2.24, 2.45) is 23.2 Å². The predicted molar refractivity (Wildman–Crippen MR) is 107 cm³/mol. The van der Waals surface area contributed by atoms with Crippen LogP contribution in [-0.2, 0) is 0 Å². The molecule has 154 valence electrons. The Kier molecular flexibility index (Phi) is 5.83. The van der Waals surface area contributed by atoms with E-state index in [2.05, 4.69) is 56.0 Å². The van der Waals surface area contributed by atoms with Crippen LogP contribution in [0.1, 0.15) is 47.0 Å². The summed E-state index contributed by atoms with van der Waals surface area (Å²) in [5.41, 5.74) is 2.34. The van der Waals surface area contributed by atoms with Gasteiger partial charge in [0, 0.05) is 11.6 Å². The van der Waals surface area contributed by atoms with Gasteiger partial charge in [-0.2, -0.15) is 0 Å². The van der Waals surface area contributed by atoms with Gasteiger partial charge in [0.05, 0.1) is 6.04 Å². The van der Waals surface area contributed by atoms with E-state index in [0.29, 0.717) is 23.2 Å². The smallest absolute Gasteiger partial charge is 0.406 e. The third-order valence-electron chi connectivity index (χ3n) is 5.82. The van der Waals surface area contributed by atoms with Gasteiger partial charge in [0.1, 0.15) is 5.75 Å². The molecule has 1 aromatic carbocycles. The molecule has 0 aliphatic heterocycles. The van der Waals surface area contributed by atoms with Crippen molar-refractivity contribution in [3.63, 3.8) is 0 Å². The molecule has 1 aromatic rings. The van der Waals surface area contributed by atoms with Gasteiger partial charge in [-0.25, -0.2) is 0 Å². The Morgan fingerprint density at radius 3 is 2.39 bits per heavy atom. The molecule has 0 amide bonds. The van der Waals surface area contributed by atoms with Gasteiger partial charge in [-0.15, -0.1) is 13.2 Å². The zero-order valence-corrected chi connectivity index (χ0v) is 17.0. The van der Waals surface area contributed by atoms with Gasteiger partial charge in [-0.3, -0.25) is 0 Å². The normalized spacial score (nSPS) is 29.9. The summed E-state index contributed by atoms with van der Waals surface area (Å²) in [6.45, 7) is 9.12. The van der Waals surface area contributed by atoms with Crippen molar-refractivity contribution in [2.75, 3.05) is 5.32 Å². The molecule has 4 atom stereocenters. The molecular weight excluding hydrogens is 363 g/mol. The second-order valence-corrected chi connectivity index (χ2v) is 9.26. The van der Waals surface area contributed by atoms with Crippen molar-refractivity contribution in [1.82, 2.24) is 0 Å². The number of anilines is 1. The highest BCUT2D eigenvalue weighted by Gasteiger charge is 2.38. The van der Waals surface area contributed by atoms with Crippen LogP contribution in [0.15, 0.2) is 48.1 Å². The maximum atomic E-state index is 12.4. The number of halogens is 3. The molecule has 0 bridgehead atoms. The number of alkyl halides is 3. The van der Waals surface area contributed by atoms with Crippen LogP contribution in [0.2, 0.25) is 0 Å². The van der Waals surface area contributed by atoms with E-state index in [4.69, 9.17) is 0 Å². The van der Waals surface area contributed by atoms with Gasteiger partial charge in [0.2, 0.25) is 0 Å². The van der Waals surface area contributed by atoms with Crippen molar-refractivity contribution >= 4 is 5.69 Å². The Morgan fingerprint density at radius 2 is 1.79 bits per heavy atom. The highest BCUT2D eigenvalue weighted by atomic mass is 19.4. The minimum Gasteiger partial charge on any atom is -0.406 e. The van der Waals surface area contributed by atoms with Crippen LogP contribution >= 0.6 is 0 Å². The number of benzene rings is 1. The van der Waals surface area contributed by atoms with Gasteiger partial charge in [-0.05, 0) is 67.7 Å². The van der Waals surface area contributed by atoms with Crippen LogP contribution in [0, 0.1) is 23.2 Å². The van der Waals surface area contributed by atoms with Crippen LogP contribution in [0.5, 0.6) is 5.75 Å². The number of allylic oxidation sites excluding steroid dienone is 2. The van der Waals surface area contributed by atoms with Crippen LogP contribution in [-0.4, -0.2) is 12.4 Å². The largest absolute Gasteiger partial charge is 0.573 e. The Morgan fingerprint density at radius 1 is 1.11 bits per heavy atom. The van der Waals surface area contributed by atoms with Crippen LogP contribution in [0.25, 0.3) is 0 Å². The molecular formula is C23H30F3NO. The first-order valence-corrected chi connectivity index (χ1v) is 10.00. The molecule has 1 N–H and O–H groups in total. The van der Waals surface area contributed by atoms with Crippen molar-refractivity contribution in [1.29, 1.82) is 0 Å². The average molecular weight is 393 g/mol. The zero-order valence-electron chi connectivity index (χ0n) is 17.0. The number of hydrogen-bond donors (Lipinski definition) is 1. The lowest BCUT2D eigenvalue weighted by Gasteiger charge is -2.44. The zero-order chi connectivity index (χ0) is 20.5. The summed E-state index contributed by atoms with van der Waals surface area (Å²) < 4.78 is 41.0. The standard InChI is InChI=1S/C23H30F3NO/c1-15-5-10-20(17-11-16(2)13-22(3,4)14-17)21(12-15)27-18-6-8-19(9-7-18)28-23(24,25)26/h5-10,12,16-17,20-21,27H,11,13-14H2,1-4H3/t16-,17-,20?,21?/m1/s1. The van der Waals surface area contributed by atoms with E-state index >= 15 is 0 Å². The second kappa shape index (κ2) is 7.84. The van der Waals surface area contributed by atoms with Gasteiger partial charge in [0.15, 0.2) is 0 Å². The fourth-order valence-corrected chi connectivity index (χ4v) is 5.08. The summed E-state index contributed by atoms with van der Waals surface area (Å²) in [5.74, 6) is 1.46. The van der Waals surface area contributed by atoms with Gasteiger partial charge in [0.25, 0.3) is 0 Å². The molecule has 1 fully saturated rings. The van der Waals surface area contributed by atoms with Crippen LogP contribution < -0.4 is 10.1 Å². The molecule has 5 heteroatoms. The highest BCUT2D eigenvalue weighted by molar-refractivity contribution is 5.49. The Labute approximate surface area is 165 Å². The van der Waals surface area contributed by atoms with E-state index in [1.807, 2.05) is 0 Å². The van der Waals surface area contributed by atoms with Gasteiger partial charge >= 0.3 is 6.36 Å². The molecule has 0 aromatic heterocycles. The van der Waals surface area contributed by atoms with Gasteiger partial charge < -0.3 is 10.1 Å². The van der Waals surface area contributed by atoms with E-state index in [1.165, 1.54) is 37.0 Å². The Hall–Kier alpha value is -1.91. The molecule has 2 unspecified atom stereocenters. The fraction of sp³-hybridized carbons (Fsp3) is 0.565. The molecule has 3 rings (SSSR count). The van der Waals surface area contributed by atoms with E-state index in [0.717, 1.165) is 5.69 Å². The SMILES string of the molecule is CC1=CC(Nc2ccc(OC(F)(F)F)cc2)C([C@@H]2C[C@@H](C)CC(C)(C)C2)C=C1. The van der Waals surface area contributed by atoms with Crippen molar-refractivity contribution < 1.29 is 17.9 Å². The maximum Gasteiger partial charge on any atom is 0.573 e. The number of ether oxygens (including phenoxy) is 1. The lowest BCUT2D eigenvalue weighted by atomic mass is 9.63. The summed E-state index contributed by atoms with van der Waals surface area (Å²) in [6.07, 6.45) is 5.73. The first-order chi connectivity index (χ1) is 13.0. The predicted octanol–water partition coefficient (Wildman–Crippen LogP) is 6.96. The van der Waals surface area contributed by atoms with E-state index < -0.39 is 6.36 Å². The van der Waals surface area contributed by atoms with Crippen molar-refractivity contribution in [3.05, 3.63) is 48.1 Å². The summed E-state index contributed by atoms with van der Waals surface area (Å²) in [5, 5.41) is 3.53. The first-order valence-electron chi connectivity index (χ1n) is 10.00. The number of hydrogen-bond acceptors (Lipinski definition) is 2.